The molecule has 0 amide bonds. The summed E-state index contributed by atoms with van der Waals surface area (Å²) in [5, 5.41) is 33.3. The molecule has 28 heavy (non-hydrogen) atoms. The third kappa shape index (κ3) is 3.44. The standard InChI is InChI=1S/C15H7F3N4O6/c16-15(17,18)10-2-1-6(5-19-10)11(24)13-20-14(28-21-13)7-3-8(22(26)27)12(25)9(23)4-7/h1-5,23,25H. The van der Waals surface area contributed by atoms with Crippen LogP contribution in [-0.4, -0.2) is 36.0 Å². The summed E-state index contributed by atoms with van der Waals surface area (Å²) < 4.78 is 42.3. The molecular weight excluding hydrogens is 389 g/mol. The van der Waals surface area contributed by atoms with Crippen LogP contribution in [0, 0.1) is 10.1 Å². The number of nitro benzene ring substituents is 1. The number of phenolic OH excluding ortho intramolecular Hbond substituents is 2. The van der Waals surface area contributed by atoms with E-state index in [2.05, 4.69) is 15.1 Å². The smallest absolute Gasteiger partial charge is 0.433 e. The molecule has 0 aliphatic heterocycles. The highest BCUT2D eigenvalue weighted by Gasteiger charge is 2.32. The maximum Gasteiger partial charge on any atom is 0.433 e. The lowest BCUT2D eigenvalue weighted by Crippen LogP contribution is -2.10. The Hall–Kier alpha value is -4.03. The first-order chi connectivity index (χ1) is 13.1. The Labute approximate surface area is 152 Å². The predicted octanol–water partition coefficient (Wildman–Crippen LogP) is 2.70. The molecule has 0 saturated carbocycles. The summed E-state index contributed by atoms with van der Waals surface area (Å²) in [4.78, 5) is 29.0. The van der Waals surface area contributed by atoms with Crippen LogP contribution in [0.2, 0.25) is 0 Å². The number of benzene rings is 1. The van der Waals surface area contributed by atoms with E-state index in [9.17, 15) is 38.3 Å². The zero-order chi connectivity index (χ0) is 20.6. The van der Waals surface area contributed by atoms with Gasteiger partial charge in [-0.1, -0.05) is 5.16 Å². The molecular formula is C15H7F3N4O6. The zero-order valence-corrected chi connectivity index (χ0v) is 13.3. The Bertz CT molecular complexity index is 1080. The molecule has 3 rings (SSSR count). The van der Waals surface area contributed by atoms with Gasteiger partial charge in [-0.3, -0.25) is 19.9 Å². The van der Waals surface area contributed by atoms with Crippen molar-refractivity contribution < 1.29 is 37.6 Å². The third-order valence-electron chi connectivity index (χ3n) is 3.46. The third-order valence-corrected chi connectivity index (χ3v) is 3.46. The van der Waals surface area contributed by atoms with Crippen molar-refractivity contribution in [3.8, 4) is 23.0 Å². The second-order valence-electron chi connectivity index (χ2n) is 5.30. The maximum atomic E-state index is 12.5. The van der Waals surface area contributed by atoms with Gasteiger partial charge in [0.15, 0.2) is 5.75 Å². The topological polar surface area (TPSA) is 152 Å². The molecule has 144 valence electrons. The number of pyridine rings is 1. The highest BCUT2D eigenvalue weighted by Crippen LogP contribution is 2.39. The van der Waals surface area contributed by atoms with E-state index in [1.54, 1.807) is 0 Å². The number of aromatic nitrogens is 3. The van der Waals surface area contributed by atoms with E-state index in [0.717, 1.165) is 18.2 Å². The molecule has 0 atom stereocenters. The molecule has 2 aromatic heterocycles. The molecule has 0 spiro atoms. The number of halogens is 3. The normalized spacial score (nSPS) is 11.4. The van der Waals surface area contributed by atoms with Crippen molar-refractivity contribution in [3.63, 3.8) is 0 Å². The van der Waals surface area contributed by atoms with E-state index in [4.69, 9.17) is 4.52 Å². The minimum Gasteiger partial charge on any atom is -0.504 e. The fraction of sp³-hybridized carbons (Fsp3) is 0.0667. The first kappa shape index (κ1) is 18.8. The molecule has 13 heteroatoms. The molecule has 0 unspecified atom stereocenters. The van der Waals surface area contributed by atoms with Crippen molar-refractivity contribution in [1.82, 2.24) is 15.1 Å². The summed E-state index contributed by atoms with van der Waals surface area (Å²) >= 11 is 0. The Morgan fingerprint density at radius 1 is 1.21 bits per heavy atom. The van der Waals surface area contributed by atoms with Gasteiger partial charge in [0.25, 0.3) is 5.89 Å². The predicted molar refractivity (Wildman–Crippen MR) is 82.4 cm³/mol. The van der Waals surface area contributed by atoms with Crippen molar-refractivity contribution in [2.45, 2.75) is 6.18 Å². The SMILES string of the molecule is O=C(c1ccc(C(F)(F)F)nc1)c1noc(-c2cc(O)c(O)c([N+](=O)[O-])c2)n1. The number of nitrogens with zero attached hydrogens (tertiary/aromatic N) is 4. The second-order valence-corrected chi connectivity index (χ2v) is 5.30. The average molecular weight is 396 g/mol. The van der Waals surface area contributed by atoms with Gasteiger partial charge in [-0.15, -0.1) is 0 Å². The van der Waals surface area contributed by atoms with Gasteiger partial charge in [0.2, 0.25) is 17.4 Å². The summed E-state index contributed by atoms with van der Waals surface area (Å²) in [5.41, 5.74) is -2.45. The number of rotatable bonds is 4. The average Bonchev–Trinajstić information content (AvgIpc) is 3.12. The number of phenols is 2. The molecule has 0 aliphatic rings. The van der Waals surface area contributed by atoms with Gasteiger partial charge in [-0.25, -0.2) is 0 Å². The van der Waals surface area contributed by atoms with Crippen molar-refractivity contribution in [1.29, 1.82) is 0 Å². The van der Waals surface area contributed by atoms with Crippen LogP contribution in [0.1, 0.15) is 21.9 Å². The highest BCUT2D eigenvalue weighted by atomic mass is 19.4. The van der Waals surface area contributed by atoms with Crippen LogP contribution in [0.25, 0.3) is 11.5 Å². The number of aromatic hydroxyl groups is 2. The summed E-state index contributed by atoms with van der Waals surface area (Å²) in [6, 6.07) is 3.21. The number of alkyl halides is 3. The van der Waals surface area contributed by atoms with Gasteiger partial charge in [0.05, 0.1) is 10.5 Å². The lowest BCUT2D eigenvalue weighted by atomic mass is 10.1. The van der Waals surface area contributed by atoms with Crippen LogP contribution in [0.15, 0.2) is 35.0 Å². The Balaban J connectivity index is 1.92. The van der Waals surface area contributed by atoms with Crippen LogP contribution < -0.4 is 0 Å². The summed E-state index contributed by atoms with van der Waals surface area (Å²) in [6.07, 6.45) is -3.98. The Kier molecular flexibility index (Phi) is 4.42. The molecule has 1 aromatic carbocycles. The number of ketones is 1. The highest BCUT2D eigenvalue weighted by molar-refractivity contribution is 6.06. The quantitative estimate of drug-likeness (QED) is 0.293. The second kappa shape index (κ2) is 6.61. The van der Waals surface area contributed by atoms with Crippen LogP contribution in [-0.2, 0) is 6.18 Å². The molecule has 10 nitrogen and oxygen atoms in total. The van der Waals surface area contributed by atoms with Crippen molar-refractivity contribution in [3.05, 3.63) is 57.7 Å². The fourth-order valence-corrected chi connectivity index (χ4v) is 2.12. The van der Waals surface area contributed by atoms with E-state index in [0.29, 0.717) is 12.3 Å². The number of carbonyl (C=O) groups is 1. The van der Waals surface area contributed by atoms with Crippen LogP contribution in [0.4, 0.5) is 18.9 Å². The first-order valence-corrected chi connectivity index (χ1v) is 7.20. The lowest BCUT2D eigenvalue weighted by Gasteiger charge is -2.04. The molecule has 0 aliphatic carbocycles. The minimum absolute atomic E-state index is 0.168. The Morgan fingerprint density at radius 2 is 1.93 bits per heavy atom. The van der Waals surface area contributed by atoms with Gasteiger partial charge in [0, 0.05) is 17.8 Å². The van der Waals surface area contributed by atoms with Gasteiger partial charge in [-0.05, 0) is 18.2 Å². The van der Waals surface area contributed by atoms with E-state index in [-0.39, 0.29) is 11.1 Å². The van der Waals surface area contributed by atoms with Crippen molar-refractivity contribution in [2.75, 3.05) is 0 Å². The van der Waals surface area contributed by atoms with Crippen LogP contribution in [0.3, 0.4) is 0 Å². The lowest BCUT2D eigenvalue weighted by molar-refractivity contribution is -0.385. The molecule has 3 aromatic rings. The zero-order valence-electron chi connectivity index (χ0n) is 13.3. The van der Waals surface area contributed by atoms with Crippen molar-refractivity contribution >= 4 is 11.5 Å². The Morgan fingerprint density at radius 3 is 2.50 bits per heavy atom. The summed E-state index contributed by atoms with van der Waals surface area (Å²) in [7, 11) is 0. The van der Waals surface area contributed by atoms with Crippen molar-refractivity contribution in [2.24, 2.45) is 0 Å². The number of nitro groups is 1. The van der Waals surface area contributed by atoms with Gasteiger partial charge in [-0.2, -0.15) is 18.2 Å². The van der Waals surface area contributed by atoms with Crippen LogP contribution >= 0.6 is 0 Å². The monoisotopic (exact) mass is 396 g/mol. The molecule has 0 radical (unpaired) electrons. The van der Waals surface area contributed by atoms with E-state index in [1.807, 2.05) is 0 Å². The molecule has 2 heterocycles. The van der Waals surface area contributed by atoms with Gasteiger partial charge < -0.3 is 14.7 Å². The summed E-state index contributed by atoms with van der Waals surface area (Å²) in [6.45, 7) is 0. The maximum absolute atomic E-state index is 12.5. The van der Waals surface area contributed by atoms with Gasteiger partial charge >= 0.3 is 11.9 Å². The minimum atomic E-state index is -4.67. The molecule has 0 bridgehead atoms. The largest absolute Gasteiger partial charge is 0.504 e. The first-order valence-electron chi connectivity index (χ1n) is 7.20. The number of hydrogen-bond acceptors (Lipinski definition) is 9. The van der Waals surface area contributed by atoms with E-state index < -0.39 is 51.5 Å². The van der Waals surface area contributed by atoms with Gasteiger partial charge in [0.1, 0.15) is 5.69 Å². The van der Waals surface area contributed by atoms with E-state index >= 15 is 0 Å². The summed E-state index contributed by atoms with van der Waals surface area (Å²) in [5.74, 6) is -3.66. The number of hydrogen-bond donors (Lipinski definition) is 2. The molecule has 2 N–H and O–H groups in total. The molecule has 0 fully saturated rings. The fourth-order valence-electron chi connectivity index (χ4n) is 2.12. The van der Waals surface area contributed by atoms with E-state index in [1.165, 1.54) is 0 Å². The molecule has 0 saturated heterocycles. The van der Waals surface area contributed by atoms with Crippen LogP contribution in [0.5, 0.6) is 11.5 Å². The number of carbonyl (C=O) groups excluding carboxylic acids is 1.